The maximum absolute atomic E-state index is 10.4. The Hall–Kier alpha value is -1.81. The van der Waals surface area contributed by atoms with Gasteiger partial charge in [0.2, 0.25) is 0 Å². The molecule has 2 bridgehead atoms. The summed E-state index contributed by atoms with van der Waals surface area (Å²) in [5.74, 6) is -0.491. The molecule has 9 heteroatoms. The van der Waals surface area contributed by atoms with E-state index in [1.165, 1.54) is 17.2 Å². The molecule has 112 valence electrons. The molecule has 2 fully saturated rings. The molecule has 9 nitrogen and oxygen atoms in total. The smallest absolute Gasteiger partial charge is 0.165 e. The Morgan fingerprint density at radius 2 is 1.95 bits per heavy atom. The lowest BCUT2D eigenvalue weighted by Crippen LogP contribution is -2.48. The summed E-state index contributed by atoms with van der Waals surface area (Å²) in [4.78, 5) is 12.0. The number of aliphatic hydroxyl groups excluding tert-OH is 3. The fraction of sp³-hybridized carbons (Fsp3) is 0.583. The second-order valence-corrected chi connectivity index (χ2v) is 5.80. The summed E-state index contributed by atoms with van der Waals surface area (Å²) < 4.78 is 1.53. The summed E-state index contributed by atoms with van der Waals surface area (Å²) in [6.45, 7) is 0. The fourth-order valence-corrected chi connectivity index (χ4v) is 3.78. The molecule has 2 aliphatic rings. The maximum Gasteiger partial charge on any atom is 0.165 e. The number of nitrogens with zero attached hydrogens (tertiary/aromatic N) is 4. The Kier molecular flexibility index (Phi) is 2.39. The van der Waals surface area contributed by atoms with Crippen LogP contribution in [0.4, 0.5) is 5.82 Å². The number of hydrogen-bond donors (Lipinski definition) is 5. The van der Waals surface area contributed by atoms with E-state index in [0.29, 0.717) is 11.2 Å². The van der Waals surface area contributed by atoms with Crippen molar-refractivity contribution in [2.24, 2.45) is 5.92 Å². The standard InChI is InChI=1S/C12H15N5O4/c13-10-6-11(15-2-14-10)17(3-16-6)7-5-4(18)1-12(21,8(5)19)9(7)20/h2-5,7-9,18-21H,1H2,(H2,13,14,15)/t4-,5-,7-,8-,9+,12-/m1/s1. The van der Waals surface area contributed by atoms with Gasteiger partial charge in [0.15, 0.2) is 11.5 Å². The van der Waals surface area contributed by atoms with E-state index in [2.05, 4.69) is 15.0 Å². The van der Waals surface area contributed by atoms with Crippen LogP contribution < -0.4 is 5.73 Å². The van der Waals surface area contributed by atoms with Crippen LogP contribution in [-0.4, -0.2) is 63.9 Å². The molecule has 2 aromatic heterocycles. The number of nitrogen functional groups attached to an aromatic ring is 1. The minimum absolute atomic E-state index is 0.0553. The van der Waals surface area contributed by atoms with Gasteiger partial charge in [-0.2, -0.15) is 0 Å². The van der Waals surface area contributed by atoms with Crippen molar-refractivity contribution in [3.8, 4) is 0 Å². The Morgan fingerprint density at radius 1 is 1.19 bits per heavy atom. The summed E-state index contributed by atoms with van der Waals surface area (Å²) in [6.07, 6.45) is -0.696. The first-order chi connectivity index (χ1) is 9.95. The van der Waals surface area contributed by atoms with Crippen LogP contribution in [0.2, 0.25) is 0 Å². The second kappa shape index (κ2) is 3.89. The van der Waals surface area contributed by atoms with E-state index >= 15 is 0 Å². The predicted molar refractivity (Wildman–Crippen MR) is 69.8 cm³/mol. The van der Waals surface area contributed by atoms with Gasteiger partial charge in [-0.15, -0.1) is 0 Å². The summed E-state index contributed by atoms with van der Waals surface area (Å²) in [5.41, 5.74) is 4.77. The SMILES string of the molecule is Nc1ncnc2c1ncn2[C@@H]1[C@H]2[C@H](O)C[C@@](O)([C@@H]2O)[C@H]1O. The molecular formula is C12H15N5O4. The number of aliphatic hydroxyl groups is 4. The minimum Gasteiger partial charge on any atom is -0.393 e. The lowest BCUT2D eigenvalue weighted by Gasteiger charge is -2.34. The van der Waals surface area contributed by atoms with Crippen LogP contribution in [0, 0.1) is 5.92 Å². The zero-order valence-electron chi connectivity index (χ0n) is 10.9. The lowest BCUT2D eigenvalue weighted by molar-refractivity contribution is -0.120. The van der Waals surface area contributed by atoms with Crippen LogP contribution in [0.25, 0.3) is 11.2 Å². The van der Waals surface area contributed by atoms with Gasteiger partial charge in [0.1, 0.15) is 23.5 Å². The molecule has 0 aliphatic heterocycles. The number of rotatable bonds is 1. The van der Waals surface area contributed by atoms with Crippen molar-refractivity contribution >= 4 is 17.0 Å². The van der Waals surface area contributed by atoms with Gasteiger partial charge < -0.3 is 30.7 Å². The highest BCUT2D eigenvalue weighted by Crippen LogP contribution is 2.54. The molecular weight excluding hydrogens is 278 g/mol. The van der Waals surface area contributed by atoms with Crippen LogP contribution in [0.5, 0.6) is 0 Å². The Morgan fingerprint density at radius 3 is 2.67 bits per heavy atom. The summed E-state index contributed by atoms with van der Waals surface area (Å²) in [5, 5.41) is 41.0. The molecule has 2 aliphatic carbocycles. The summed E-state index contributed by atoms with van der Waals surface area (Å²) in [6, 6.07) is -0.729. The molecule has 6 atom stereocenters. The Bertz CT molecular complexity index is 721. The van der Waals surface area contributed by atoms with Crippen molar-refractivity contribution in [1.82, 2.24) is 19.5 Å². The topological polar surface area (TPSA) is 151 Å². The van der Waals surface area contributed by atoms with Gasteiger partial charge in [-0.3, -0.25) is 0 Å². The van der Waals surface area contributed by atoms with E-state index in [-0.39, 0.29) is 12.2 Å². The number of hydrogen-bond acceptors (Lipinski definition) is 8. The number of nitrogens with two attached hydrogens (primary N) is 1. The normalized spacial score (nSPS) is 42.0. The van der Waals surface area contributed by atoms with Crippen LogP contribution in [-0.2, 0) is 0 Å². The first kappa shape index (κ1) is 12.9. The zero-order chi connectivity index (χ0) is 14.9. The minimum atomic E-state index is -1.72. The zero-order valence-corrected chi connectivity index (χ0v) is 10.9. The van der Waals surface area contributed by atoms with E-state index in [1.807, 2.05) is 0 Å². The van der Waals surface area contributed by atoms with Crippen molar-refractivity contribution in [3.05, 3.63) is 12.7 Å². The van der Waals surface area contributed by atoms with E-state index < -0.39 is 35.9 Å². The first-order valence-electron chi connectivity index (χ1n) is 6.64. The highest BCUT2D eigenvalue weighted by atomic mass is 16.4. The van der Waals surface area contributed by atoms with Crippen LogP contribution >= 0.6 is 0 Å². The fourth-order valence-electron chi connectivity index (χ4n) is 3.78. The third kappa shape index (κ3) is 1.41. The molecule has 0 amide bonds. The molecule has 4 rings (SSSR count). The molecule has 21 heavy (non-hydrogen) atoms. The predicted octanol–water partition coefficient (Wildman–Crippen LogP) is -2.20. The largest absolute Gasteiger partial charge is 0.393 e. The van der Waals surface area contributed by atoms with Crippen molar-refractivity contribution in [2.75, 3.05) is 5.73 Å². The highest BCUT2D eigenvalue weighted by Gasteiger charge is 2.68. The molecule has 0 aromatic carbocycles. The quantitative estimate of drug-likeness (QED) is 0.397. The maximum atomic E-state index is 10.4. The van der Waals surface area contributed by atoms with E-state index in [4.69, 9.17) is 5.73 Å². The van der Waals surface area contributed by atoms with Gasteiger partial charge in [-0.25, -0.2) is 15.0 Å². The van der Waals surface area contributed by atoms with Crippen LogP contribution in [0.1, 0.15) is 12.5 Å². The van der Waals surface area contributed by atoms with Gasteiger partial charge in [-0.1, -0.05) is 0 Å². The van der Waals surface area contributed by atoms with Crippen molar-refractivity contribution < 1.29 is 20.4 Å². The third-order valence-corrected chi connectivity index (χ3v) is 4.80. The lowest BCUT2D eigenvalue weighted by atomic mass is 9.88. The van der Waals surface area contributed by atoms with E-state index in [9.17, 15) is 20.4 Å². The number of aromatic nitrogens is 4. The molecule has 2 aromatic rings. The average molecular weight is 293 g/mol. The summed E-state index contributed by atoms with van der Waals surface area (Å²) in [7, 11) is 0. The van der Waals surface area contributed by atoms with Crippen LogP contribution in [0.15, 0.2) is 12.7 Å². The Balaban J connectivity index is 1.88. The number of anilines is 1. The average Bonchev–Trinajstić information content (AvgIpc) is 3.00. The second-order valence-electron chi connectivity index (χ2n) is 5.80. The van der Waals surface area contributed by atoms with Gasteiger partial charge in [0, 0.05) is 12.3 Å². The summed E-state index contributed by atoms with van der Waals surface area (Å²) >= 11 is 0. The molecule has 0 spiro atoms. The van der Waals surface area contributed by atoms with Crippen molar-refractivity contribution in [3.63, 3.8) is 0 Å². The molecule has 0 saturated heterocycles. The molecule has 0 radical (unpaired) electrons. The van der Waals surface area contributed by atoms with E-state index in [1.54, 1.807) is 0 Å². The first-order valence-corrected chi connectivity index (χ1v) is 6.64. The monoisotopic (exact) mass is 293 g/mol. The molecule has 2 heterocycles. The van der Waals surface area contributed by atoms with Gasteiger partial charge in [-0.05, 0) is 0 Å². The number of fused-ring (bicyclic) bond motifs is 3. The van der Waals surface area contributed by atoms with Crippen LogP contribution in [0.3, 0.4) is 0 Å². The molecule has 0 unspecified atom stereocenters. The molecule has 6 N–H and O–H groups in total. The van der Waals surface area contributed by atoms with E-state index in [0.717, 1.165) is 0 Å². The Labute approximate surface area is 118 Å². The van der Waals surface area contributed by atoms with Gasteiger partial charge in [0.25, 0.3) is 0 Å². The van der Waals surface area contributed by atoms with Gasteiger partial charge >= 0.3 is 0 Å². The number of imidazole rings is 1. The van der Waals surface area contributed by atoms with Crippen molar-refractivity contribution in [1.29, 1.82) is 0 Å². The van der Waals surface area contributed by atoms with Crippen molar-refractivity contribution in [2.45, 2.75) is 36.4 Å². The molecule has 2 saturated carbocycles. The highest BCUT2D eigenvalue weighted by molar-refractivity contribution is 5.81. The van der Waals surface area contributed by atoms with Gasteiger partial charge in [0.05, 0.1) is 24.6 Å². The third-order valence-electron chi connectivity index (χ3n) is 4.80.